The highest BCUT2D eigenvalue weighted by molar-refractivity contribution is 6.18. The lowest BCUT2D eigenvalue weighted by Gasteiger charge is -2.34. The van der Waals surface area contributed by atoms with Gasteiger partial charge < -0.3 is 24.0 Å². The summed E-state index contributed by atoms with van der Waals surface area (Å²) in [6.45, 7) is 4.47. The molecule has 1 fully saturated rings. The van der Waals surface area contributed by atoms with E-state index in [4.69, 9.17) is 25.8 Å². The van der Waals surface area contributed by atoms with E-state index in [-0.39, 0.29) is 25.0 Å². The lowest BCUT2D eigenvalue weighted by atomic mass is 10.3. The molecule has 0 bridgehead atoms. The normalized spacial score (nSPS) is 14.2. The Kier molecular flexibility index (Phi) is 7.66. The van der Waals surface area contributed by atoms with E-state index in [0.717, 1.165) is 5.75 Å². The van der Waals surface area contributed by atoms with Crippen LogP contribution >= 0.6 is 11.6 Å². The Morgan fingerprint density at radius 1 is 1.00 bits per heavy atom. The van der Waals surface area contributed by atoms with E-state index in [1.807, 2.05) is 6.92 Å². The standard InChI is InChI=1S/C17H23ClN2O5/c1-2-23-14-3-5-15(6-4-14)25-13-16(21)19-8-10-20(11-9-19)17(22)24-12-7-18/h3-6H,2,7-13H2,1H3. The minimum absolute atomic E-state index is 0.0370. The molecule has 7 nitrogen and oxygen atoms in total. The van der Waals surface area contributed by atoms with Gasteiger partial charge in [-0.25, -0.2) is 4.79 Å². The molecule has 0 spiro atoms. The fraction of sp³-hybridized carbons (Fsp3) is 0.529. The second kappa shape index (κ2) is 9.98. The molecule has 1 saturated heterocycles. The van der Waals surface area contributed by atoms with Crippen LogP contribution in [0, 0.1) is 0 Å². The van der Waals surface area contributed by atoms with E-state index in [9.17, 15) is 9.59 Å². The number of rotatable bonds is 7. The van der Waals surface area contributed by atoms with Gasteiger partial charge in [0.15, 0.2) is 6.61 Å². The number of amides is 2. The highest BCUT2D eigenvalue weighted by Gasteiger charge is 2.25. The molecular weight excluding hydrogens is 348 g/mol. The Morgan fingerprint density at radius 2 is 1.56 bits per heavy atom. The average Bonchev–Trinajstić information content (AvgIpc) is 2.65. The summed E-state index contributed by atoms with van der Waals surface area (Å²) in [5, 5.41) is 0. The summed E-state index contributed by atoms with van der Waals surface area (Å²) in [6, 6.07) is 7.13. The molecule has 0 saturated carbocycles. The molecule has 1 aliphatic rings. The van der Waals surface area contributed by atoms with Crippen molar-refractivity contribution in [3.05, 3.63) is 24.3 Å². The third-order valence-electron chi connectivity index (χ3n) is 3.69. The van der Waals surface area contributed by atoms with Crippen molar-refractivity contribution in [2.45, 2.75) is 6.92 Å². The summed E-state index contributed by atoms with van der Waals surface area (Å²) in [6.07, 6.45) is -0.390. The molecule has 8 heteroatoms. The minimum Gasteiger partial charge on any atom is -0.494 e. The largest absolute Gasteiger partial charge is 0.494 e. The van der Waals surface area contributed by atoms with Crippen LogP contribution in [0.3, 0.4) is 0 Å². The highest BCUT2D eigenvalue weighted by atomic mass is 35.5. The van der Waals surface area contributed by atoms with Crippen molar-refractivity contribution >= 4 is 23.6 Å². The van der Waals surface area contributed by atoms with E-state index in [0.29, 0.717) is 38.5 Å². The number of hydrogen-bond donors (Lipinski definition) is 0. The van der Waals surface area contributed by atoms with Gasteiger partial charge in [0, 0.05) is 26.2 Å². The number of nitrogens with zero attached hydrogens (tertiary/aromatic N) is 2. The summed E-state index contributed by atoms with van der Waals surface area (Å²) < 4.78 is 15.8. The van der Waals surface area contributed by atoms with Crippen LogP contribution in [0.25, 0.3) is 0 Å². The molecule has 2 rings (SSSR count). The fourth-order valence-corrected chi connectivity index (χ4v) is 2.47. The van der Waals surface area contributed by atoms with Crippen LogP contribution in [0.2, 0.25) is 0 Å². The van der Waals surface area contributed by atoms with Gasteiger partial charge in [-0.05, 0) is 31.2 Å². The van der Waals surface area contributed by atoms with E-state index >= 15 is 0 Å². The molecule has 0 radical (unpaired) electrons. The smallest absolute Gasteiger partial charge is 0.409 e. The number of hydrogen-bond acceptors (Lipinski definition) is 5. The van der Waals surface area contributed by atoms with Crippen molar-refractivity contribution in [1.82, 2.24) is 9.80 Å². The molecular formula is C17H23ClN2O5. The summed E-state index contributed by atoms with van der Waals surface area (Å²) in [4.78, 5) is 27.2. The summed E-state index contributed by atoms with van der Waals surface area (Å²) in [7, 11) is 0. The van der Waals surface area contributed by atoms with Crippen molar-refractivity contribution in [3.8, 4) is 11.5 Å². The quantitative estimate of drug-likeness (QED) is 0.686. The molecule has 25 heavy (non-hydrogen) atoms. The van der Waals surface area contributed by atoms with Gasteiger partial charge in [-0.1, -0.05) is 0 Å². The topological polar surface area (TPSA) is 68.3 Å². The number of piperazine rings is 1. The molecule has 1 aromatic rings. The molecule has 2 amide bonds. The SMILES string of the molecule is CCOc1ccc(OCC(=O)N2CCN(C(=O)OCCCl)CC2)cc1. The lowest BCUT2D eigenvalue weighted by Crippen LogP contribution is -2.51. The Hall–Kier alpha value is -2.15. The lowest BCUT2D eigenvalue weighted by molar-refractivity contribution is -0.134. The second-order valence-corrected chi connectivity index (χ2v) is 5.74. The number of alkyl halides is 1. The first kappa shape index (κ1) is 19.2. The Labute approximate surface area is 152 Å². The maximum Gasteiger partial charge on any atom is 0.409 e. The fourth-order valence-electron chi connectivity index (χ4n) is 2.39. The zero-order valence-corrected chi connectivity index (χ0v) is 15.0. The third kappa shape index (κ3) is 6.01. The van der Waals surface area contributed by atoms with Crippen molar-refractivity contribution in [2.75, 3.05) is 51.9 Å². The van der Waals surface area contributed by atoms with Crippen molar-refractivity contribution < 1.29 is 23.8 Å². The van der Waals surface area contributed by atoms with Gasteiger partial charge in [-0.3, -0.25) is 4.79 Å². The molecule has 1 aliphatic heterocycles. The molecule has 0 aliphatic carbocycles. The molecule has 138 valence electrons. The van der Waals surface area contributed by atoms with Crippen molar-refractivity contribution in [3.63, 3.8) is 0 Å². The Morgan fingerprint density at radius 3 is 2.12 bits per heavy atom. The van der Waals surface area contributed by atoms with Gasteiger partial charge in [0.25, 0.3) is 5.91 Å². The van der Waals surface area contributed by atoms with E-state index in [1.165, 1.54) is 0 Å². The Bertz CT molecular complexity index is 559. The van der Waals surface area contributed by atoms with Crippen LogP contribution in [0.4, 0.5) is 4.79 Å². The summed E-state index contributed by atoms with van der Waals surface area (Å²) >= 11 is 5.49. The molecule has 0 aromatic heterocycles. The van der Waals surface area contributed by atoms with Crippen LogP contribution in [0.1, 0.15) is 6.92 Å². The first-order chi connectivity index (χ1) is 12.1. The van der Waals surface area contributed by atoms with E-state index in [2.05, 4.69) is 0 Å². The van der Waals surface area contributed by atoms with Gasteiger partial charge in [0.1, 0.15) is 18.1 Å². The molecule has 1 aromatic carbocycles. The number of halogens is 1. The molecule has 1 heterocycles. The molecule has 0 unspecified atom stereocenters. The van der Waals surface area contributed by atoms with Gasteiger partial charge in [0.05, 0.1) is 12.5 Å². The maximum absolute atomic E-state index is 12.2. The van der Waals surface area contributed by atoms with Crippen LogP contribution in [0.5, 0.6) is 11.5 Å². The molecule has 0 atom stereocenters. The van der Waals surface area contributed by atoms with Gasteiger partial charge in [0.2, 0.25) is 0 Å². The van der Waals surface area contributed by atoms with Crippen LogP contribution < -0.4 is 9.47 Å². The van der Waals surface area contributed by atoms with Crippen LogP contribution in [-0.4, -0.2) is 73.7 Å². The zero-order valence-electron chi connectivity index (χ0n) is 14.3. The number of carbonyl (C=O) groups is 2. The van der Waals surface area contributed by atoms with Crippen LogP contribution in [0.15, 0.2) is 24.3 Å². The first-order valence-electron chi connectivity index (χ1n) is 8.25. The van der Waals surface area contributed by atoms with Gasteiger partial charge in [-0.15, -0.1) is 11.6 Å². The van der Waals surface area contributed by atoms with Gasteiger partial charge in [-0.2, -0.15) is 0 Å². The zero-order chi connectivity index (χ0) is 18.1. The van der Waals surface area contributed by atoms with Crippen molar-refractivity contribution in [1.29, 1.82) is 0 Å². The summed E-state index contributed by atoms with van der Waals surface area (Å²) in [5.74, 6) is 1.54. The first-order valence-corrected chi connectivity index (χ1v) is 8.78. The second-order valence-electron chi connectivity index (χ2n) is 5.36. The average molecular weight is 371 g/mol. The van der Waals surface area contributed by atoms with E-state index < -0.39 is 6.09 Å². The van der Waals surface area contributed by atoms with Crippen LogP contribution in [-0.2, 0) is 9.53 Å². The highest BCUT2D eigenvalue weighted by Crippen LogP contribution is 2.17. The minimum atomic E-state index is -0.390. The number of carbonyl (C=O) groups excluding carboxylic acids is 2. The Balaban J connectivity index is 1.72. The summed E-state index contributed by atoms with van der Waals surface area (Å²) in [5.41, 5.74) is 0. The predicted octanol–water partition coefficient (Wildman–Crippen LogP) is 1.98. The monoisotopic (exact) mass is 370 g/mol. The maximum atomic E-state index is 12.2. The number of ether oxygens (including phenoxy) is 3. The predicted molar refractivity (Wildman–Crippen MR) is 93.3 cm³/mol. The van der Waals surface area contributed by atoms with E-state index in [1.54, 1.807) is 34.1 Å². The molecule has 0 N–H and O–H groups in total. The van der Waals surface area contributed by atoms with Crippen molar-refractivity contribution in [2.24, 2.45) is 0 Å². The van der Waals surface area contributed by atoms with Gasteiger partial charge >= 0.3 is 6.09 Å². The number of benzene rings is 1. The third-order valence-corrected chi connectivity index (χ3v) is 3.84.